The summed E-state index contributed by atoms with van der Waals surface area (Å²) in [6, 6.07) is 28.3. The Morgan fingerprint density at radius 1 is 0.824 bits per heavy atom. The van der Waals surface area contributed by atoms with Gasteiger partial charge in [0.25, 0.3) is 0 Å². The van der Waals surface area contributed by atoms with Crippen LogP contribution in [0, 0.1) is 0 Å². The van der Waals surface area contributed by atoms with Gasteiger partial charge in [-0.25, -0.2) is 0 Å². The van der Waals surface area contributed by atoms with Gasteiger partial charge in [-0.15, -0.1) is 0 Å². The third kappa shape index (κ3) is 4.15. The molecule has 0 amide bonds. The predicted molar refractivity (Wildman–Crippen MR) is 133 cm³/mol. The molecule has 6 rings (SSSR count). The number of ether oxygens (including phenoxy) is 1. The molecule has 0 spiro atoms. The lowest BCUT2D eigenvalue weighted by atomic mass is 10.1. The van der Waals surface area contributed by atoms with Crippen molar-refractivity contribution >= 4 is 22.8 Å². The Morgan fingerprint density at radius 2 is 1.56 bits per heavy atom. The SMILES string of the molecule is c1ccc(CN2CCc3[nH]nc4nc(NCc5ccc(Oc6ccccc6)cc5)nc2c34)cc1. The van der Waals surface area contributed by atoms with Gasteiger partial charge in [-0.3, -0.25) is 5.10 Å². The maximum atomic E-state index is 5.88. The fourth-order valence-corrected chi connectivity index (χ4v) is 4.24. The van der Waals surface area contributed by atoms with Crippen molar-refractivity contribution in [3.8, 4) is 11.5 Å². The van der Waals surface area contributed by atoms with Crippen LogP contribution in [0.15, 0.2) is 84.9 Å². The molecule has 2 N–H and O–H groups in total. The Balaban J connectivity index is 1.19. The van der Waals surface area contributed by atoms with Crippen molar-refractivity contribution in [1.29, 1.82) is 0 Å². The molecule has 168 valence electrons. The van der Waals surface area contributed by atoms with Gasteiger partial charge in [0.15, 0.2) is 5.65 Å². The van der Waals surface area contributed by atoms with Gasteiger partial charge < -0.3 is 15.0 Å². The van der Waals surface area contributed by atoms with E-state index in [0.717, 1.165) is 53.5 Å². The van der Waals surface area contributed by atoms with E-state index >= 15 is 0 Å². The van der Waals surface area contributed by atoms with E-state index in [9.17, 15) is 0 Å². The molecular formula is C27H24N6O. The maximum absolute atomic E-state index is 5.88. The predicted octanol–water partition coefficient (Wildman–Crippen LogP) is 5.32. The second kappa shape index (κ2) is 8.86. The van der Waals surface area contributed by atoms with E-state index in [0.29, 0.717) is 18.1 Å². The smallest absolute Gasteiger partial charge is 0.227 e. The second-order valence-electron chi connectivity index (χ2n) is 8.34. The average Bonchev–Trinajstić information content (AvgIpc) is 3.30. The standard InChI is InChI=1S/C27H24N6O/c1-3-7-20(8-4-1)18-33-16-15-23-24-25(32-31-23)29-27(30-26(24)33)28-17-19-11-13-22(14-12-19)34-21-9-5-2-6-10-21/h1-14H,15-18H2,(H2,28,29,30,31,32). The van der Waals surface area contributed by atoms with E-state index < -0.39 is 0 Å². The first-order valence-electron chi connectivity index (χ1n) is 11.4. The Labute approximate surface area is 197 Å². The van der Waals surface area contributed by atoms with Gasteiger partial charge in [-0.2, -0.15) is 15.1 Å². The van der Waals surface area contributed by atoms with Crippen LogP contribution in [0.25, 0.3) is 11.0 Å². The molecule has 34 heavy (non-hydrogen) atoms. The van der Waals surface area contributed by atoms with Gasteiger partial charge in [0.05, 0.1) is 11.1 Å². The van der Waals surface area contributed by atoms with E-state index in [2.05, 4.69) is 49.7 Å². The largest absolute Gasteiger partial charge is 0.457 e. The van der Waals surface area contributed by atoms with Gasteiger partial charge in [0.2, 0.25) is 5.95 Å². The first-order valence-corrected chi connectivity index (χ1v) is 11.4. The zero-order valence-electron chi connectivity index (χ0n) is 18.6. The van der Waals surface area contributed by atoms with Crippen LogP contribution in [0.3, 0.4) is 0 Å². The third-order valence-corrected chi connectivity index (χ3v) is 5.97. The summed E-state index contributed by atoms with van der Waals surface area (Å²) in [6.07, 6.45) is 0.907. The third-order valence-electron chi connectivity index (χ3n) is 5.97. The number of hydrogen-bond donors (Lipinski definition) is 2. The first kappa shape index (κ1) is 20.2. The fourth-order valence-electron chi connectivity index (χ4n) is 4.24. The van der Waals surface area contributed by atoms with Crippen molar-refractivity contribution in [2.75, 3.05) is 16.8 Å². The number of aromatic nitrogens is 4. The van der Waals surface area contributed by atoms with Gasteiger partial charge in [-0.05, 0) is 35.4 Å². The lowest BCUT2D eigenvalue weighted by Gasteiger charge is -2.28. The molecule has 0 bridgehead atoms. The number of rotatable bonds is 7. The summed E-state index contributed by atoms with van der Waals surface area (Å²) in [4.78, 5) is 11.8. The first-order chi connectivity index (χ1) is 16.8. The molecule has 2 aromatic heterocycles. The minimum absolute atomic E-state index is 0.574. The van der Waals surface area contributed by atoms with Crippen LogP contribution in [0.4, 0.5) is 11.8 Å². The van der Waals surface area contributed by atoms with Crippen LogP contribution in [-0.2, 0) is 19.5 Å². The highest BCUT2D eigenvalue weighted by Gasteiger charge is 2.24. The average molecular weight is 449 g/mol. The minimum Gasteiger partial charge on any atom is -0.457 e. The van der Waals surface area contributed by atoms with Gasteiger partial charge in [0.1, 0.15) is 17.3 Å². The summed E-state index contributed by atoms with van der Waals surface area (Å²) in [5.74, 6) is 3.13. The van der Waals surface area contributed by atoms with Crippen molar-refractivity contribution in [3.63, 3.8) is 0 Å². The lowest BCUT2D eigenvalue weighted by molar-refractivity contribution is 0.482. The summed E-state index contributed by atoms with van der Waals surface area (Å²) in [6.45, 7) is 2.30. The molecule has 0 saturated heterocycles. The maximum Gasteiger partial charge on any atom is 0.227 e. The molecule has 5 aromatic rings. The summed E-state index contributed by atoms with van der Waals surface area (Å²) >= 11 is 0. The number of anilines is 2. The summed E-state index contributed by atoms with van der Waals surface area (Å²) < 4.78 is 5.88. The van der Waals surface area contributed by atoms with Gasteiger partial charge in [0, 0.05) is 26.1 Å². The van der Waals surface area contributed by atoms with Gasteiger partial charge in [-0.1, -0.05) is 60.7 Å². The number of nitrogens with one attached hydrogen (secondary N) is 2. The van der Waals surface area contributed by atoms with Crippen molar-refractivity contribution < 1.29 is 4.74 Å². The zero-order chi connectivity index (χ0) is 22.7. The highest BCUT2D eigenvalue weighted by molar-refractivity contribution is 5.91. The number of aromatic amines is 1. The van der Waals surface area contributed by atoms with Crippen LogP contribution in [0.5, 0.6) is 11.5 Å². The topological polar surface area (TPSA) is 79.0 Å². The Hall–Kier alpha value is -4.39. The van der Waals surface area contributed by atoms with Crippen LogP contribution >= 0.6 is 0 Å². The zero-order valence-corrected chi connectivity index (χ0v) is 18.6. The molecule has 0 radical (unpaired) electrons. The normalized spacial score (nSPS) is 12.6. The van der Waals surface area contributed by atoms with Crippen LogP contribution < -0.4 is 15.0 Å². The Morgan fingerprint density at radius 3 is 2.35 bits per heavy atom. The Kier molecular flexibility index (Phi) is 5.27. The number of nitrogens with zero attached hydrogens (tertiary/aromatic N) is 4. The molecule has 0 saturated carbocycles. The molecular weight excluding hydrogens is 424 g/mol. The molecule has 0 unspecified atom stereocenters. The van der Waals surface area contributed by atoms with E-state index in [1.807, 2.05) is 60.7 Å². The van der Waals surface area contributed by atoms with Crippen molar-refractivity contribution in [2.24, 2.45) is 0 Å². The van der Waals surface area contributed by atoms with Gasteiger partial charge >= 0.3 is 0 Å². The molecule has 0 atom stereocenters. The molecule has 0 aliphatic carbocycles. The Bertz CT molecular complexity index is 1400. The molecule has 3 heterocycles. The van der Waals surface area contributed by atoms with Crippen molar-refractivity contribution in [3.05, 3.63) is 102 Å². The molecule has 1 aliphatic rings. The summed E-state index contributed by atoms with van der Waals surface area (Å²) in [5, 5.41) is 12.0. The monoisotopic (exact) mass is 448 g/mol. The minimum atomic E-state index is 0.574. The highest BCUT2D eigenvalue weighted by Crippen LogP contribution is 2.32. The molecule has 0 fully saturated rings. The van der Waals surface area contributed by atoms with Crippen LogP contribution in [0.1, 0.15) is 16.8 Å². The van der Waals surface area contributed by atoms with E-state index in [1.165, 1.54) is 5.56 Å². The molecule has 3 aromatic carbocycles. The van der Waals surface area contributed by atoms with Crippen molar-refractivity contribution in [2.45, 2.75) is 19.5 Å². The fraction of sp³-hybridized carbons (Fsp3) is 0.148. The molecule has 1 aliphatic heterocycles. The summed E-state index contributed by atoms with van der Waals surface area (Å²) in [5.41, 5.74) is 4.18. The lowest BCUT2D eigenvalue weighted by Crippen LogP contribution is -2.29. The molecule has 7 nitrogen and oxygen atoms in total. The number of hydrogen-bond acceptors (Lipinski definition) is 6. The van der Waals surface area contributed by atoms with E-state index in [4.69, 9.17) is 9.72 Å². The summed E-state index contributed by atoms with van der Waals surface area (Å²) in [7, 11) is 0. The highest BCUT2D eigenvalue weighted by atomic mass is 16.5. The molecule has 7 heteroatoms. The number of H-pyrrole nitrogens is 1. The van der Waals surface area contributed by atoms with Crippen LogP contribution in [-0.4, -0.2) is 26.7 Å². The second-order valence-corrected chi connectivity index (χ2v) is 8.34. The van der Waals surface area contributed by atoms with E-state index in [-0.39, 0.29) is 0 Å². The van der Waals surface area contributed by atoms with Crippen LogP contribution in [0.2, 0.25) is 0 Å². The number of benzene rings is 3. The number of para-hydroxylation sites is 1. The van der Waals surface area contributed by atoms with E-state index in [1.54, 1.807) is 0 Å². The van der Waals surface area contributed by atoms with Crippen molar-refractivity contribution in [1.82, 2.24) is 20.2 Å². The quantitative estimate of drug-likeness (QED) is 0.351.